The van der Waals surface area contributed by atoms with Crippen molar-refractivity contribution in [2.45, 2.75) is 76.1 Å². The molecule has 4 aliphatic carbocycles. The van der Waals surface area contributed by atoms with Crippen molar-refractivity contribution >= 4 is 11.6 Å². The molecule has 4 fully saturated rings. The van der Waals surface area contributed by atoms with E-state index in [0.29, 0.717) is 25.2 Å². The van der Waals surface area contributed by atoms with Crippen LogP contribution in [-0.2, 0) is 14.3 Å². The maximum absolute atomic E-state index is 12.4. The Morgan fingerprint density at radius 3 is 2.73 bits per heavy atom. The maximum atomic E-state index is 12.4. The van der Waals surface area contributed by atoms with Gasteiger partial charge in [-0.3, -0.25) is 9.59 Å². The Bertz CT molecular complexity index is 743. The van der Waals surface area contributed by atoms with Crippen molar-refractivity contribution in [1.29, 1.82) is 0 Å². The van der Waals surface area contributed by atoms with Gasteiger partial charge in [0.05, 0.1) is 6.10 Å². The van der Waals surface area contributed by atoms with Gasteiger partial charge in [0.1, 0.15) is 17.8 Å². The van der Waals surface area contributed by atoms with Crippen LogP contribution < -0.4 is 0 Å². The molecule has 0 radical (unpaired) electrons. The monoisotopic (exact) mass is 360 g/mol. The van der Waals surface area contributed by atoms with E-state index in [0.717, 1.165) is 25.7 Å². The number of aliphatic hydroxyl groups excluding tert-OH is 1. The Morgan fingerprint density at radius 2 is 2.00 bits per heavy atom. The van der Waals surface area contributed by atoms with E-state index in [9.17, 15) is 19.8 Å². The molecule has 3 saturated carbocycles. The van der Waals surface area contributed by atoms with Crippen LogP contribution in [0.1, 0.15) is 58.8 Å². The first-order valence-corrected chi connectivity index (χ1v) is 10.0. The summed E-state index contributed by atoms with van der Waals surface area (Å²) in [5.74, 6) is 0.315. The summed E-state index contributed by atoms with van der Waals surface area (Å²) in [4.78, 5) is 24.4. The van der Waals surface area contributed by atoms with Crippen molar-refractivity contribution in [3.8, 4) is 0 Å². The molecular weight excluding hydrogens is 332 g/mol. The number of fused-ring (bicyclic) bond motifs is 3. The fourth-order valence-corrected chi connectivity index (χ4v) is 7.61. The summed E-state index contributed by atoms with van der Waals surface area (Å²) < 4.78 is 6.45. The molecule has 0 unspecified atom stereocenters. The van der Waals surface area contributed by atoms with E-state index in [1.807, 2.05) is 13.0 Å². The minimum atomic E-state index is -1.44. The lowest BCUT2D eigenvalue weighted by molar-refractivity contribution is -0.160. The normalized spacial score (nSPS) is 54.5. The molecule has 2 N–H and O–H groups in total. The van der Waals surface area contributed by atoms with Gasteiger partial charge in [-0.25, -0.2) is 0 Å². The highest BCUT2D eigenvalue weighted by atomic mass is 16.6. The van der Waals surface area contributed by atoms with Crippen molar-refractivity contribution in [2.24, 2.45) is 22.7 Å². The molecule has 5 heteroatoms. The Labute approximate surface area is 153 Å². The van der Waals surface area contributed by atoms with E-state index in [2.05, 4.69) is 6.92 Å². The van der Waals surface area contributed by atoms with Crippen molar-refractivity contribution in [3.05, 3.63) is 11.6 Å². The van der Waals surface area contributed by atoms with Gasteiger partial charge >= 0.3 is 0 Å². The second-order valence-electron chi connectivity index (χ2n) is 9.72. The molecule has 0 amide bonds. The minimum Gasteiger partial charge on any atom is -0.388 e. The quantitative estimate of drug-likeness (QED) is 0.735. The van der Waals surface area contributed by atoms with Crippen LogP contribution in [-0.4, -0.2) is 45.7 Å². The van der Waals surface area contributed by atoms with Crippen molar-refractivity contribution in [1.82, 2.24) is 0 Å². The number of epoxide rings is 1. The molecule has 1 heterocycles. The van der Waals surface area contributed by atoms with Crippen molar-refractivity contribution < 1.29 is 24.5 Å². The fraction of sp³-hybridized carbons (Fsp3) is 0.810. The predicted octanol–water partition coefficient (Wildman–Crippen LogP) is 1.94. The first kappa shape index (κ1) is 17.1. The van der Waals surface area contributed by atoms with Gasteiger partial charge in [0.2, 0.25) is 0 Å². The third-order valence-corrected chi connectivity index (χ3v) is 9.09. The Balaban J connectivity index is 1.57. The van der Waals surface area contributed by atoms with Crippen LogP contribution in [0.15, 0.2) is 11.6 Å². The number of carbonyl (C=O) groups excluding carboxylic acids is 2. The lowest BCUT2D eigenvalue weighted by atomic mass is 9.46. The number of carbonyl (C=O) groups is 2. The van der Waals surface area contributed by atoms with Gasteiger partial charge in [0.15, 0.2) is 11.6 Å². The van der Waals surface area contributed by atoms with E-state index in [-0.39, 0.29) is 28.8 Å². The molecule has 1 aliphatic heterocycles. The Hall–Kier alpha value is -1.04. The van der Waals surface area contributed by atoms with Gasteiger partial charge in [-0.15, -0.1) is 0 Å². The first-order valence-electron chi connectivity index (χ1n) is 10.0. The maximum Gasteiger partial charge on any atom is 0.190 e. The summed E-state index contributed by atoms with van der Waals surface area (Å²) in [6, 6.07) is 0. The highest BCUT2D eigenvalue weighted by molar-refractivity contribution is 5.92. The summed E-state index contributed by atoms with van der Waals surface area (Å²) in [5.41, 5.74) is -1.06. The first-order chi connectivity index (χ1) is 12.2. The largest absolute Gasteiger partial charge is 0.388 e. The van der Waals surface area contributed by atoms with E-state index in [1.54, 1.807) is 0 Å². The topological polar surface area (TPSA) is 87.1 Å². The number of hydrogen-bond acceptors (Lipinski definition) is 5. The number of rotatable bonds is 2. The molecule has 0 aromatic heterocycles. The van der Waals surface area contributed by atoms with Crippen LogP contribution in [0.2, 0.25) is 0 Å². The Kier molecular flexibility index (Phi) is 3.20. The number of aliphatic hydroxyl groups is 2. The predicted molar refractivity (Wildman–Crippen MR) is 93.2 cm³/mol. The molecule has 0 bridgehead atoms. The minimum absolute atomic E-state index is 0.0340. The third-order valence-electron chi connectivity index (χ3n) is 9.09. The third kappa shape index (κ3) is 1.65. The van der Waals surface area contributed by atoms with Crippen LogP contribution in [0.5, 0.6) is 0 Å². The van der Waals surface area contributed by atoms with Crippen LogP contribution in [0.25, 0.3) is 0 Å². The molecule has 1 spiro atoms. The van der Waals surface area contributed by atoms with Gasteiger partial charge in [-0.05, 0) is 56.4 Å². The molecule has 142 valence electrons. The summed E-state index contributed by atoms with van der Waals surface area (Å²) in [7, 11) is 0. The van der Waals surface area contributed by atoms with E-state index >= 15 is 0 Å². The zero-order valence-electron chi connectivity index (χ0n) is 15.6. The van der Waals surface area contributed by atoms with Crippen molar-refractivity contribution in [3.63, 3.8) is 0 Å². The number of ether oxygens (including phenoxy) is 1. The van der Waals surface area contributed by atoms with Gasteiger partial charge in [-0.1, -0.05) is 19.4 Å². The number of hydrogen-bond donors (Lipinski definition) is 2. The number of Topliss-reactive ketones (excluding diaryl/α,β-unsaturated/α-hetero) is 1. The SMILES string of the molecule is C[C@]12CCC(=O)C=C1CC[C@H]1[C@H]3CC[C@](O)(C(=O)CO)[C@@]3(C)C[C@@H]3O[C@@]312. The molecule has 5 rings (SSSR count). The lowest BCUT2D eigenvalue weighted by Gasteiger charge is -2.56. The fourth-order valence-electron chi connectivity index (χ4n) is 7.61. The molecule has 0 aromatic rings. The molecular formula is C21H28O5. The highest BCUT2D eigenvalue weighted by Crippen LogP contribution is 2.76. The van der Waals surface area contributed by atoms with Gasteiger partial charge in [0.25, 0.3) is 0 Å². The van der Waals surface area contributed by atoms with Crippen LogP contribution in [0.4, 0.5) is 0 Å². The summed E-state index contributed by atoms with van der Waals surface area (Å²) in [6.07, 6.45) is 7.08. The second-order valence-corrected chi connectivity index (χ2v) is 9.72. The average molecular weight is 360 g/mol. The average Bonchev–Trinajstić information content (AvgIpc) is 3.27. The molecule has 0 aromatic carbocycles. The summed E-state index contributed by atoms with van der Waals surface area (Å²) >= 11 is 0. The standard InChI is InChI=1S/C21H28O5/c1-18-7-5-13(23)9-12(18)3-4-15-14-6-8-20(25,16(24)11-22)19(14,2)10-17-21(15,18)26-17/h9,14-15,17,22,25H,3-8,10-11H2,1-2H3/t14-,15+,17+,18+,19+,20+,21-/m1/s1. The summed E-state index contributed by atoms with van der Waals surface area (Å²) in [6.45, 7) is 3.69. The molecule has 7 atom stereocenters. The van der Waals surface area contributed by atoms with Crippen LogP contribution >= 0.6 is 0 Å². The molecule has 26 heavy (non-hydrogen) atoms. The Morgan fingerprint density at radius 1 is 1.23 bits per heavy atom. The molecule has 1 saturated heterocycles. The van der Waals surface area contributed by atoms with Gasteiger partial charge in [-0.2, -0.15) is 0 Å². The number of ketones is 2. The van der Waals surface area contributed by atoms with Crippen LogP contribution in [0, 0.1) is 22.7 Å². The van der Waals surface area contributed by atoms with E-state index in [1.165, 1.54) is 5.57 Å². The van der Waals surface area contributed by atoms with E-state index in [4.69, 9.17) is 4.74 Å². The zero-order valence-corrected chi connectivity index (χ0v) is 15.6. The van der Waals surface area contributed by atoms with Gasteiger partial charge < -0.3 is 14.9 Å². The molecule has 5 nitrogen and oxygen atoms in total. The smallest absolute Gasteiger partial charge is 0.190 e. The molecule has 5 aliphatic rings. The lowest BCUT2D eigenvalue weighted by Crippen LogP contribution is -2.61. The van der Waals surface area contributed by atoms with Gasteiger partial charge in [0, 0.05) is 17.3 Å². The highest BCUT2D eigenvalue weighted by Gasteiger charge is 2.81. The zero-order chi connectivity index (χ0) is 18.5. The van der Waals surface area contributed by atoms with Crippen LogP contribution in [0.3, 0.4) is 0 Å². The summed E-state index contributed by atoms with van der Waals surface area (Å²) in [5, 5.41) is 20.7. The van der Waals surface area contributed by atoms with Crippen molar-refractivity contribution in [2.75, 3.05) is 6.61 Å². The van der Waals surface area contributed by atoms with E-state index < -0.39 is 23.4 Å². The second kappa shape index (κ2) is 4.86.